The minimum atomic E-state index is -0.458. The van der Waals surface area contributed by atoms with E-state index in [0.717, 1.165) is 35.8 Å². The van der Waals surface area contributed by atoms with Crippen molar-refractivity contribution in [3.8, 4) is 5.75 Å². The van der Waals surface area contributed by atoms with Crippen molar-refractivity contribution in [1.29, 1.82) is 0 Å². The Labute approximate surface area is 225 Å². The van der Waals surface area contributed by atoms with E-state index in [0.29, 0.717) is 5.69 Å². The number of methoxy groups -OCH3 is 1. The van der Waals surface area contributed by atoms with Gasteiger partial charge >= 0.3 is 0 Å². The molecule has 0 saturated carbocycles. The van der Waals surface area contributed by atoms with Gasteiger partial charge in [0.25, 0.3) is 5.69 Å². The number of aromatic nitrogens is 3. The third-order valence-electron chi connectivity index (χ3n) is 5.72. The van der Waals surface area contributed by atoms with Crippen LogP contribution >= 0.6 is 0 Å². The number of hydrogen-bond acceptors (Lipinski definition) is 11. The van der Waals surface area contributed by atoms with E-state index in [1.807, 2.05) is 36.4 Å². The maximum absolute atomic E-state index is 11.0. The molecule has 0 atom stereocenters. The van der Waals surface area contributed by atoms with E-state index in [1.165, 1.54) is 12.1 Å². The van der Waals surface area contributed by atoms with Crippen molar-refractivity contribution >= 4 is 46.8 Å². The third kappa shape index (κ3) is 7.38. The molecule has 0 saturated heterocycles. The zero-order chi connectivity index (χ0) is 27.6. The highest BCUT2D eigenvalue weighted by Crippen LogP contribution is 2.22. The number of ether oxygens (including phenoxy) is 1. The molecule has 4 rings (SSSR count). The molecule has 39 heavy (non-hydrogen) atoms. The van der Waals surface area contributed by atoms with Gasteiger partial charge in [0.2, 0.25) is 17.8 Å². The van der Waals surface area contributed by atoms with Gasteiger partial charge < -0.3 is 20.3 Å². The molecule has 3 aromatic carbocycles. The van der Waals surface area contributed by atoms with Gasteiger partial charge in [-0.15, -0.1) is 0 Å². The molecule has 0 fully saturated rings. The Morgan fingerprint density at radius 3 is 1.90 bits per heavy atom. The second kappa shape index (κ2) is 12.8. The van der Waals surface area contributed by atoms with Crippen molar-refractivity contribution in [2.45, 2.75) is 13.8 Å². The molecule has 0 aliphatic heterocycles. The number of benzene rings is 3. The van der Waals surface area contributed by atoms with Gasteiger partial charge in [0.1, 0.15) is 5.75 Å². The van der Waals surface area contributed by atoms with E-state index >= 15 is 0 Å². The number of nitro groups is 1. The van der Waals surface area contributed by atoms with Gasteiger partial charge in [0, 0.05) is 42.3 Å². The second-order valence-electron chi connectivity index (χ2n) is 8.22. The molecule has 0 bridgehead atoms. The lowest BCUT2D eigenvalue weighted by Crippen LogP contribution is -2.21. The Morgan fingerprint density at radius 2 is 1.38 bits per heavy atom. The van der Waals surface area contributed by atoms with Gasteiger partial charge in [0.15, 0.2) is 0 Å². The van der Waals surface area contributed by atoms with Crippen LogP contribution in [0.25, 0.3) is 0 Å². The number of anilines is 6. The zero-order valence-electron chi connectivity index (χ0n) is 21.8. The SMILES string of the molecule is CCN(CC)c1ccc(/C=N\Nc2nc(Nc3ccc(OC)cc3)nc(Nc3ccc([N+](=O)[O-])cc3)n2)cc1. The smallest absolute Gasteiger partial charge is 0.269 e. The molecular formula is C27H29N9O3. The molecule has 1 aromatic heterocycles. The average Bonchev–Trinajstić information content (AvgIpc) is 2.95. The van der Waals surface area contributed by atoms with Crippen molar-refractivity contribution < 1.29 is 9.66 Å². The summed E-state index contributed by atoms with van der Waals surface area (Å²) in [6, 6.07) is 21.3. The lowest BCUT2D eigenvalue weighted by molar-refractivity contribution is -0.384. The first kappa shape index (κ1) is 26.8. The first-order valence-electron chi connectivity index (χ1n) is 12.3. The van der Waals surface area contributed by atoms with Crippen molar-refractivity contribution in [2.75, 3.05) is 41.2 Å². The monoisotopic (exact) mass is 527 g/mol. The summed E-state index contributed by atoms with van der Waals surface area (Å²) in [5.74, 6) is 1.40. The van der Waals surface area contributed by atoms with Gasteiger partial charge in [-0.25, -0.2) is 5.43 Å². The highest BCUT2D eigenvalue weighted by Gasteiger charge is 2.10. The second-order valence-corrected chi connectivity index (χ2v) is 8.22. The van der Waals surface area contributed by atoms with Gasteiger partial charge in [0.05, 0.1) is 18.2 Å². The van der Waals surface area contributed by atoms with Crippen LogP contribution < -0.4 is 25.7 Å². The summed E-state index contributed by atoms with van der Waals surface area (Å²) in [6.45, 7) is 6.13. The van der Waals surface area contributed by atoms with Crippen molar-refractivity contribution in [3.05, 3.63) is 88.5 Å². The molecule has 0 spiro atoms. The lowest BCUT2D eigenvalue weighted by Gasteiger charge is -2.20. The largest absolute Gasteiger partial charge is 0.497 e. The van der Waals surface area contributed by atoms with Crippen LogP contribution in [-0.2, 0) is 0 Å². The van der Waals surface area contributed by atoms with Crippen molar-refractivity contribution in [1.82, 2.24) is 15.0 Å². The average molecular weight is 528 g/mol. The fraction of sp³-hybridized carbons (Fsp3) is 0.185. The summed E-state index contributed by atoms with van der Waals surface area (Å²) in [4.78, 5) is 26.0. The van der Waals surface area contributed by atoms with E-state index in [2.05, 4.69) is 67.0 Å². The van der Waals surface area contributed by atoms with Crippen LogP contribution in [0, 0.1) is 10.1 Å². The summed E-state index contributed by atoms with van der Waals surface area (Å²) in [6.07, 6.45) is 1.68. The standard InChI is InChI=1S/C27H29N9O3/c1-4-35(5-2)22-12-6-19(7-13-22)18-28-34-27-32-25(29-20-8-14-23(15-9-20)36(37)38)31-26(33-27)30-21-10-16-24(39-3)17-11-21/h6-18H,4-5H2,1-3H3,(H3,29,30,31,32,33,34)/b28-18-. The highest BCUT2D eigenvalue weighted by atomic mass is 16.6. The molecular weight excluding hydrogens is 498 g/mol. The van der Waals surface area contributed by atoms with Crippen LogP contribution in [0.5, 0.6) is 5.75 Å². The molecule has 0 unspecified atom stereocenters. The van der Waals surface area contributed by atoms with E-state index in [1.54, 1.807) is 25.5 Å². The molecule has 0 aliphatic rings. The molecule has 0 amide bonds. The van der Waals surface area contributed by atoms with E-state index in [9.17, 15) is 10.1 Å². The van der Waals surface area contributed by atoms with Gasteiger partial charge in [-0.05, 0) is 67.9 Å². The minimum absolute atomic E-state index is 0.0140. The zero-order valence-corrected chi connectivity index (χ0v) is 21.8. The quantitative estimate of drug-likeness (QED) is 0.122. The Morgan fingerprint density at radius 1 is 0.846 bits per heavy atom. The molecule has 12 nitrogen and oxygen atoms in total. The van der Waals surface area contributed by atoms with E-state index in [4.69, 9.17) is 4.74 Å². The number of hydrazone groups is 1. The molecule has 0 radical (unpaired) electrons. The predicted octanol–water partition coefficient (Wildman–Crippen LogP) is 5.57. The fourth-order valence-electron chi connectivity index (χ4n) is 3.66. The number of nitro benzene ring substituents is 1. The van der Waals surface area contributed by atoms with Crippen LogP contribution in [0.2, 0.25) is 0 Å². The summed E-state index contributed by atoms with van der Waals surface area (Å²) in [5, 5.41) is 21.4. The van der Waals surface area contributed by atoms with Crippen LogP contribution in [0.3, 0.4) is 0 Å². The number of rotatable bonds is 12. The summed E-state index contributed by atoms with van der Waals surface area (Å²) in [7, 11) is 1.60. The maximum atomic E-state index is 11.0. The predicted molar refractivity (Wildman–Crippen MR) is 154 cm³/mol. The Hall–Kier alpha value is -5.26. The Kier molecular flexibility index (Phi) is 8.80. The van der Waals surface area contributed by atoms with Crippen molar-refractivity contribution in [2.24, 2.45) is 5.10 Å². The van der Waals surface area contributed by atoms with Crippen LogP contribution in [0.15, 0.2) is 77.9 Å². The normalized spacial score (nSPS) is 10.7. The fourth-order valence-corrected chi connectivity index (χ4v) is 3.66. The number of non-ortho nitro benzene ring substituents is 1. The minimum Gasteiger partial charge on any atom is -0.497 e. The number of hydrogen-bond donors (Lipinski definition) is 3. The number of nitrogens with zero attached hydrogens (tertiary/aromatic N) is 6. The van der Waals surface area contributed by atoms with Gasteiger partial charge in [-0.2, -0.15) is 20.1 Å². The molecule has 4 aromatic rings. The first-order valence-corrected chi connectivity index (χ1v) is 12.3. The van der Waals surface area contributed by atoms with E-state index in [-0.39, 0.29) is 23.5 Å². The molecule has 1 heterocycles. The third-order valence-corrected chi connectivity index (χ3v) is 5.72. The first-order chi connectivity index (χ1) is 19.0. The Balaban J connectivity index is 1.54. The lowest BCUT2D eigenvalue weighted by atomic mass is 10.2. The summed E-state index contributed by atoms with van der Waals surface area (Å²) < 4.78 is 5.21. The topological polar surface area (TPSA) is 143 Å². The number of nitrogens with one attached hydrogen (secondary N) is 3. The summed E-state index contributed by atoms with van der Waals surface area (Å²) in [5.41, 5.74) is 6.22. The van der Waals surface area contributed by atoms with Crippen LogP contribution in [0.1, 0.15) is 19.4 Å². The van der Waals surface area contributed by atoms with Gasteiger partial charge in [-0.1, -0.05) is 12.1 Å². The van der Waals surface area contributed by atoms with Crippen LogP contribution in [-0.4, -0.2) is 46.3 Å². The molecule has 3 N–H and O–H groups in total. The van der Waals surface area contributed by atoms with E-state index < -0.39 is 4.92 Å². The summed E-state index contributed by atoms with van der Waals surface area (Å²) >= 11 is 0. The molecule has 12 heteroatoms. The molecule has 200 valence electrons. The van der Waals surface area contributed by atoms with Crippen molar-refractivity contribution in [3.63, 3.8) is 0 Å². The highest BCUT2D eigenvalue weighted by molar-refractivity contribution is 5.80. The maximum Gasteiger partial charge on any atom is 0.269 e. The van der Waals surface area contributed by atoms with Gasteiger partial charge in [-0.3, -0.25) is 10.1 Å². The molecule has 0 aliphatic carbocycles. The Bertz CT molecular complexity index is 1410. The van der Waals surface area contributed by atoms with Crippen LogP contribution in [0.4, 0.5) is 40.6 Å².